The number of rotatable bonds is 5. The predicted molar refractivity (Wildman–Crippen MR) is 116 cm³/mol. The van der Waals surface area contributed by atoms with Gasteiger partial charge < -0.3 is 15.0 Å². The number of aromatic amines is 1. The molecule has 2 N–H and O–H groups in total. The average Bonchev–Trinajstić information content (AvgIpc) is 3.33. The van der Waals surface area contributed by atoms with Crippen LogP contribution in [-0.4, -0.2) is 65.3 Å². The molecule has 0 radical (unpaired) electrons. The van der Waals surface area contributed by atoms with Crippen molar-refractivity contribution in [2.45, 2.75) is 50.7 Å². The second-order valence-corrected chi connectivity index (χ2v) is 11.0. The first-order valence-corrected chi connectivity index (χ1v) is 12.1. The largest absolute Gasteiger partial charge is 0.389 e. The highest BCUT2D eigenvalue weighted by Gasteiger charge is 2.39. The molecule has 2 aromatic rings. The molecule has 1 saturated carbocycles. The molecule has 4 rings (SSSR count). The van der Waals surface area contributed by atoms with Gasteiger partial charge in [0.05, 0.1) is 22.6 Å². The molecule has 2 aliphatic rings. The molecule has 1 unspecified atom stereocenters. The first-order chi connectivity index (χ1) is 14.2. The lowest BCUT2D eigenvalue weighted by Crippen LogP contribution is -2.40. The van der Waals surface area contributed by atoms with Crippen molar-refractivity contribution in [2.24, 2.45) is 5.92 Å². The Balaban J connectivity index is 1.42. The predicted octanol–water partition coefficient (Wildman–Crippen LogP) is 2.22. The van der Waals surface area contributed by atoms with Gasteiger partial charge in [0.15, 0.2) is 0 Å². The van der Waals surface area contributed by atoms with E-state index in [1.165, 1.54) is 4.31 Å². The Labute approximate surface area is 177 Å². The summed E-state index contributed by atoms with van der Waals surface area (Å²) in [5.41, 5.74) is 1.28. The van der Waals surface area contributed by atoms with Gasteiger partial charge in [0.2, 0.25) is 10.0 Å². The number of anilines is 1. The molecular weight excluding hydrogens is 402 g/mol. The number of nitrogens with one attached hydrogen (secondary N) is 1. The van der Waals surface area contributed by atoms with Gasteiger partial charge in [-0.1, -0.05) is 0 Å². The summed E-state index contributed by atoms with van der Waals surface area (Å²) in [5, 5.41) is 20.6. The van der Waals surface area contributed by atoms with Gasteiger partial charge in [0.1, 0.15) is 11.7 Å². The Morgan fingerprint density at radius 2 is 2.13 bits per heavy atom. The van der Waals surface area contributed by atoms with Crippen molar-refractivity contribution in [3.63, 3.8) is 0 Å². The molecule has 2 aromatic heterocycles. The van der Waals surface area contributed by atoms with Gasteiger partial charge in [-0.05, 0) is 51.0 Å². The first-order valence-electron chi connectivity index (χ1n) is 10.5. The Morgan fingerprint density at radius 3 is 2.77 bits per heavy atom. The standard InChI is InChI=1S/C21H29N5O3S/c1-21(27)8-10-26(14-21)30(28,29)13-15-3-5-17(6-4-15)25(2)19-16(11-22)12-24-20-18(19)7-9-23-20/h7,9,12,15,17,27H,3-6,8,10,13-14H2,1-2H3,(H,23,24)/t15-,17-,21?. The second-order valence-electron chi connectivity index (χ2n) is 9.02. The number of aliphatic hydroxyl groups is 1. The topological polar surface area (TPSA) is 113 Å². The minimum absolute atomic E-state index is 0.130. The summed E-state index contributed by atoms with van der Waals surface area (Å²) < 4.78 is 27.0. The fourth-order valence-corrected chi connectivity index (χ4v) is 6.87. The van der Waals surface area contributed by atoms with E-state index in [4.69, 9.17) is 0 Å². The van der Waals surface area contributed by atoms with Crippen LogP contribution in [0.3, 0.4) is 0 Å². The zero-order valence-electron chi connectivity index (χ0n) is 17.5. The summed E-state index contributed by atoms with van der Waals surface area (Å²) in [6.07, 6.45) is 7.36. The van der Waals surface area contributed by atoms with Crippen LogP contribution >= 0.6 is 0 Å². The van der Waals surface area contributed by atoms with Gasteiger partial charge >= 0.3 is 0 Å². The zero-order chi connectivity index (χ0) is 21.5. The average molecular weight is 432 g/mol. The van der Waals surface area contributed by atoms with Crippen molar-refractivity contribution < 1.29 is 13.5 Å². The van der Waals surface area contributed by atoms with Crippen LogP contribution in [0.25, 0.3) is 11.0 Å². The van der Waals surface area contributed by atoms with Crippen molar-refractivity contribution in [2.75, 3.05) is 30.8 Å². The van der Waals surface area contributed by atoms with E-state index in [1.54, 1.807) is 13.1 Å². The van der Waals surface area contributed by atoms with Crippen molar-refractivity contribution >= 4 is 26.7 Å². The smallest absolute Gasteiger partial charge is 0.214 e. The van der Waals surface area contributed by atoms with Crippen LogP contribution in [0.1, 0.15) is 44.6 Å². The highest BCUT2D eigenvalue weighted by molar-refractivity contribution is 7.89. The molecule has 3 heterocycles. The molecule has 2 fully saturated rings. The molecule has 0 bridgehead atoms. The van der Waals surface area contributed by atoms with Crippen LogP contribution in [0, 0.1) is 17.2 Å². The van der Waals surface area contributed by atoms with E-state index in [0.29, 0.717) is 18.5 Å². The van der Waals surface area contributed by atoms with Crippen molar-refractivity contribution in [3.05, 3.63) is 24.0 Å². The summed E-state index contributed by atoms with van der Waals surface area (Å²) in [4.78, 5) is 9.57. The van der Waals surface area contributed by atoms with Crippen LogP contribution in [0.15, 0.2) is 18.5 Å². The molecule has 1 aliphatic heterocycles. The van der Waals surface area contributed by atoms with E-state index in [0.717, 1.165) is 42.4 Å². The fourth-order valence-electron chi connectivity index (χ4n) is 4.88. The van der Waals surface area contributed by atoms with Crippen LogP contribution in [0.5, 0.6) is 0 Å². The molecule has 1 atom stereocenters. The Hall–Kier alpha value is -2.15. The molecule has 162 valence electrons. The maximum atomic E-state index is 12.8. The maximum Gasteiger partial charge on any atom is 0.214 e. The minimum atomic E-state index is -3.35. The number of aromatic nitrogens is 2. The SMILES string of the molecule is CN(c1c(C#N)cnc2[nH]ccc12)[C@H]1CC[C@H](CS(=O)(=O)N2CCC(C)(O)C2)CC1. The van der Waals surface area contributed by atoms with E-state index >= 15 is 0 Å². The molecule has 30 heavy (non-hydrogen) atoms. The Kier molecular flexibility index (Phi) is 5.51. The number of H-pyrrole nitrogens is 1. The van der Waals surface area contributed by atoms with Crippen LogP contribution in [0.2, 0.25) is 0 Å². The first kappa shape index (κ1) is 21.1. The lowest BCUT2D eigenvalue weighted by atomic mass is 9.86. The summed E-state index contributed by atoms with van der Waals surface area (Å²) in [6.45, 7) is 2.29. The number of fused-ring (bicyclic) bond motifs is 1. The van der Waals surface area contributed by atoms with Crippen LogP contribution < -0.4 is 4.90 Å². The number of hydrogen-bond acceptors (Lipinski definition) is 6. The molecule has 8 nitrogen and oxygen atoms in total. The quantitative estimate of drug-likeness (QED) is 0.750. The third-order valence-electron chi connectivity index (χ3n) is 6.65. The number of pyridine rings is 1. The van der Waals surface area contributed by atoms with Gasteiger partial charge in [-0.2, -0.15) is 9.57 Å². The summed E-state index contributed by atoms with van der Waals surface area (Å²) in [6, 6.07) is 4.45. The Morgan fingerprint density at radius 1 is 1.40 bits per heavy atom. The Bertz CT molecular complexity index is 1060. The molecule has 0 aromatic carbocycles. The number of hydrogen-bond donors (Lipinski definition) is 2. The lowest BCUT2D eigenvalue weighted by molar-refractivity contribution is 0.0762. The van der Waals surface area contributed by atoms with Crippen molar-refractivity contribution in [3.8, 4) is 6.07 Å². The third kappa shape index (κ3) is 4.04. The van der Waals surface area contributed by atoms with Gasteiger partial charge in [0.25, 0.3) is 0 Å². The van der Waals surface area contributed by atoms with Crippen molar-refractivity contribution in [1.29, 1.82) is 5.26 Å². The second kappa shape index (κ2) is 7.84. The number of nitrogens with zero attached hydrogens (tertiary/aromatic N) is 4. The van der Waals surface area contributed by atoms with Gasteiger partial charge in [-0.15, -0.1) is 0 Å². The maximum absolute atomic E-state index is 12.8. The summed E-state index contributed by atoms with van der Waals surface area (Å²) in [7, 11) is -1.34. The van der Waals surface area contributed by atoms with Crippen LogP contribution in [0.4, 0.5) is 5.69 Å². The summed E-state index contributed by atoms with van der Waals surface area (Å²) >= 11 is 0. The van der Waals surface area contributed by atoms with E-state index in [1.807, 2.05) is 19.3 Å². The highest BCUT2D eigenvalue weighted by Crippen LogP contribution is 2.35. The molecule has 1 aliphatic carbocycles. The summed E-state index contributed by atoms with van der Waals surface area (Å²) in [5.74, 6) is 0.283. The fraction of sp³-hybridized carbons (Fsp3) is 0.619. The van der Waals surface area contributed by atoms with Gasteiger partial charge in [-0.25, -0.2) is 13.4 Å². The van der Waals surface area contributed by atoms with Crippen LogP contribution in [-0.2, 0) is 10.0 Å². The molecular formula is C21H29N5O3S. The number of β-amino-alcohol motifs (C(OH)–C–C–N with tert-alkyl or cyclic N) is 1. The molecule has 9 heteroatoms. The lowest BCUT2D eigenvalue weighted by Gasteiger charge is -2.36. The van der Waals surface area contributed by atoms with E-state index in [2.05, 4.69) is 20.9 Å². The minimum Gasteiger partial charge on any atom is -0.389 e. The van der Waals surface area contributed by atoms with E-state index in [9.17, 15) is 18.8 Å². The molecule has 0 amide bonds. The third-order valence-corrected chi connectivity index (χ3v) is 8.64. The normalized spacial score (nSPS) is 27.9. The van der Waals surface area contributed by atoms with E-state index in [-0.39, 0.29) is 24.3 Å². The van der Waals surface area contributed by atoms with Crippen molar-refractivity contribution in [1.82, 2.24) is 14.3 Å². The zero-order valence-corrected chi connectivity index (χ0v) is 18.3. The van der Waals surface area contributed by atoms with Gasteiger partial charge in [0, 0.05) is 44.0 Å². The highest BCUT2D eigenvalue weighted by atomic mass is 32.2. The van der Waals surface area contributed by atoms with Gasteiger partial charge in [-0.3, -0.25) is 0 Å². The number of sulfonamides is 1. The monoisotopic (exact) mass is 431 g/mol. The molecule has 0 spiro atoms. The van der Waals surface area contributed by atoms with E-state index < -0.39 is 15.6 Å². The number of nitriles is 1. The molecule has 1 saturated heterocycles.